The number of aromatic nitrogens is 2. The SMILES string of the molecule is CN(C)C[C@H](O)Cn1ccc([N+](=O)[O-])n1. The van der Waals surface area contributed by atoms with Crippen LogP contribution in [0.3, 0.4) is 0 Å². The number of rotatable bonds is 5. The van der Waals surface area contributed by atoms with Crippen molar-refractivity contribution in [3.05, 3.63) is 22.4 Å². The maximum Gasteiger partial charge on any atom is 0.389 e. The minimum Gasteiger partial charge on any atom is -0.390 e. The molecular weight excluding hydrogens is 200 g/mol. The van der Waals surface area contributed by atoms with Crippen molar-refractivity contribution in [1.82, 2.24) is 14.7 Å². The Morgan fingerprint density at radius 1 is 1.73 bits per heavy atom. The minimum atomic E-state index is -0.584. The second-order valence-electron chi connectivity index (χ2n) is 3.57. The van der Waals surface area contributed by atoms with Crippen LogP contribution in [0, 0.1) is 10.1 Å². The Morgan fingerprint density at radius 3 is 2.87 bits per heavy atom. The molecule has 1 aromatic heterocycles. The molecule has 1 aromatic rings. The number of nitro groups is 1. The third-order valence-corrected chi connectivity index (χ3v) is 1.79. The molecule has 1 atom stereocenters. The van der Waals surface area contributed by atoms with Crippen LogP contribution in [0.15, 0.2) is 12.3 Å². The Morgan fingerprint density at radius 2 is 2.40 bits per heavy atom. The number of hydrogen-bond acceptors (Lipinski definition) is 5. The molecule has 0 amide bonds. The zero-order valence-electron chi connectivity index (χ0n) is 8.70. The normalized spacial score (nSPS) is 13.1. The highest BCUT2D eigenvalue weighted by Gasteiger charge is 2.14. The molecule has 0 aliphatic carbocycles. The standard InChI is InChI=1S/C8H14N4O3/c1-10(2)5-7(13)6-11-4-3-8(9-11)12(14)15/h3-4,7,13H,5-6H2,1-2H3/t7-/m0/s1. The van der Waals surface area contributed by atoms with Crippen molar-refractivity contribution >= 4 is 5.82 Å². The van der Waals surface area contributed by atoms with Gasteiger partial charge >= 0.3 is 5.82 Å². The molecule has 1 heterocycles. The van der Waals surface area contributed by atoms with Gasteiger partial charge in [-0.3, -0.25) is 0 Å². The molecule has 1 N–H and O–H groups in total. The van der Waals surface area contributed by atoms with E-state index < -0.39 is 11.0 Å². The largest absolute Gasteiger partial charge is 0.390 e. The van der Waals surface area contributed by atoms with Crippen molar-refractivity contribution in [2.75, 3.05) is 20.6 Å². The monoisotopic (exact) mass is 214 g/mol. The zero-order valence-corrected chi connectivity index (χ0v) is 8.70. The van der Waals surface area contributed by atoms with Crippen molar-refractivity contribution in [2.45, 2.75) is 12.6 Å². The van der Waals surface area contributed by atoms with Gasteiger partial charge in [-0.05, 0) is 19.0 Å². The van der Waals surface area contributed by atoms with E-state index in [4.69, 9.17) is 0 Å². The van der Waals surface area contributed by atoms with Gasteiger partial charge in [0.1, 0.15) is 0 Å². The van der Waals surface area contributed by atoms with Crippen molar-refractivity contribution in [2.24, 2.45) is 0 Å². The molecule has 0 unspecified atom stereocenters. The van der Waals surface area contributed by atoms with Gasteiger partial charge in [0, 0.05) is 6.54 Å². The average Bonchev–Trinajstić information content (AvgIpc) is 2.50. The quantitative estimate of drug-likeness (QED) is 0.538. The number of likely N-dealkylation sites (N-methyl/N-ethyl adjacent to an activating group) is 1. The molecule has 84 valence electrons. The lowest BCUT2D eigenvalue weighted by atomic mass is 10.3. The van der Waals surface area contributed by atoms with Gasteiger partial charge in [-0.15, -0.1) is 0 Å². The second kappa shape index (κ2) is 4.85. The molecule has 0 saturated heterocycles. The highest BCUT2D eigenvalue weighted by atomic mass is 16.6. The molecule has 0 aliphatic heterocycles. The number of aliphatic hydroxyl groups is 1. The minimum absolute atomic E-state index is 0.202. The number of nitrogens with zero attached hydrogens (tertiary/aromatic N) is 4. The van der Waals surface area contributed by atoms with Crippen molar-refractivity contribution in [3.8, 4) is 0 Å². The molecule has 0 radical (unpaired) electrons. The smallest absolute Gasteiger partial charge is 0.389 e. The van der Waals surface area contributed by atoms with Gasteiger partial charge < -0.3 is 20.1 Å². The van der Waals surface area contributed by atoms with Gasteiger partial charge in [0.25, 0.3) is 0 Å². The maximum absolute atomic E-state index is 10.3. The Labute approximate surface area is 87.1 Å². The molecule has 0 aliphatic rings. The van der Waals surface area contributed by atoms with E-state index in [1.54, 1.807) is 0 Å². The molecule has 1 rings (SSSR count). The van der Waals surface area contributed by atoms with Crippen LogP contribution < -0.4 is 0 Å². The summed E-state index contributed by atoms with van der Waals surface area (Å²) in [6.45, 7) is 0.750. The summed E-state index contributed by atoms with van der Waals surface area (Å²) < 4.78 is 1.37. The first kappa shape index (κ1) is 11.6. The molecule has 0 spiro atoms. The van der Waals surface area contributed by atoms with Crippen LogP contribution >= 0.6 is 0 Å². The Balaban J connectivity index is 2.53. The van der Waals surface area contributed by atoms with Crippen LogP contribution in [-0.2, 0) is 6.54 Å². The molecule has 7 nitrogen and oxygen atoms in total. The molecule has 0 fully saturated rings. The molecule has 15 heavy (non-hydrogen) atoms. The third-order valence-electron chi connectivity index (χ3n) is 1.79. The summed E-state index contributed by atoms with van der Waals surface area (Å²) in [4.78, 5) is 11.6. The van der Waals surface area contributed by atoms with Gasteiger partial charge in [-0.2, -0.15) is 4.68 Å². The van der Waals surface area contributed by atoms with E-state index in [1.807, 2.05) is 19.0 Å². The topological polar surface area (TPSA) is 84.4 Å². The average molecular weight is 214 g/mol. The fourth-order valence-electron chi connectivity index (χ4n) is 1.25. The Kier molecular flexibility index (Phi) is 3.75. The summed E-state index contributed by atoms with van der Waals surface area (Å²) in [6, 6.07) is 1.31. The second-order valence-corrected chi connectivity index (χ2v) is 3.57. The van der Waals surface area contributed by atoms with Crippen molar-refractivity contribution in [3.63, 3.8) is 0 Å². The fourth-order valence-corrected chi connectivity index (χ4v) is 1.25. The van der Waals surface area contributed by atoms with Gasteiger partial charge in [-0.1, -0.05) is 0 Å². The summed E-state index contributed by atoms with van der Waals surface area (Å²) in [5.41, 5.74) is 0. The van der Waals surface area contributed by atoms with E-state index in [9.17, 15) is 15.2 Å². The molecule has 7 heteroatoms. The van der Waals surface area contributed by atoms with E-state index in [2.05, 4.69) is 5.10 Å². The van der Waals surface area contributed by atoms with E-state index in [0.717, 1.165) is 0 Å². The lowest BCUT2D eigenvalue weighted by Crippen LogP contribution is -2.29. The first-order valence-electron chi connectivity index (χ1n) is 4.49. The predicted molar refractivity (Wildman–Crippen MR) is 53.4 cm³/mol. The molecule has 0 saturated carbocycles. The van der Waals surface area contributed by atoms with Gasteiger partial charge in [0.15, 0.2) is 0 Å². The van der Waals surface area contributed by atoms with Crippen LogP contribution in [0.2, 0.25) is 0 Å². The highest BCUT2D eigenvalue weighted by Crippen LogP contribution is 2.05. The number of aliphatic hydroxyl groups excluding tert-OH is 1. The summed E-state index contributed by atoms with van der Waals surface area (Å²) in [7, 11) is 3.68. The Bertz CT molecular complexity index is 336. The van der Waals surface area contributed by atoms with Crippen LogP contribution in [-0.4, -0.2) is 51.5 Å². The summed E-state index contributed by atoms with van der Waals surface area (Å²) in [6.07, 6.45) is 0.899. The van der Waals surface area contributed by atoms with Gasteiger partial charge in [0.05, 0.1) is 30.0 Å². The third kappa shape index (κ3) is 3.64. The fraction of sp³-hybridized carbons (Fsp3) is 0.625. The van der Waals surface area contributed by atoms with Gasteiger partial charge in [0.2, 0.25) is 0 Å². The lowest BCUT2D eigenvalue weighted by Gasteiger charge is -2.14. The molecule has 0 bridgehead atoms. The summed E-state index contributed by atoms with van der Waals surface area (Å²) in [5.74, 6) is -0.202. The summed E-state index contributed by atoms with van der Waals surface area (Å²) >= 11 is 0. The Hall–Kier alpha value is -1.47. The lowest BCUT2D eigenvalue weighted by molar-refractivity contribution is -0.389. The van der Waals surface area contributed by atoms with Crippen LogP contribution in [0.5, 0.6) is 0 Å². The van der Waals surface area contributed by atoms with Gasteiger partial charge in [-0.25, -0.2) is 0 Å². The zero-order chi connectivity index (χ0) is 11.4. The van der Waals surface area contributed by atoms with Crippen molar-refractivity contribution < 1.29 is 10.0 Å². The van der Waals surface area contributed by atoms with Crippen LogP contribution in [0.1, 0.15) is 0 Å². The van der Waals surface area contributed by atoms with Crippen LogP contribution in [0.4, 0.5) is 5.82 Å². The summed E-state index contributed by atoms with van der Waals surface area (Å²) in [5, 5.41) is 23.6. The van der Waals surface area contributed by atoms with Crippen LogP contribution in [0.25, 0.3) is 0 Å². The number of hydrogen-bond donors (Lipinski definition) is 1. The van der Waals surface area contributed by atoms with Crippen molar-refractivity contribution in [1.29, 1.82) is 0 Å². The molecular formula is C8H14N4O3. The highest BCUT2D eigenvalue weighted by molar-refractivity contribution is 5.13. The van der Waals surface area contributed by atoms with E-state index in [1.165, 1.54) is 16.9 Å². The maximum atomic E-state index is 10.3. The molecule has 0 aromatic carbocycles. The predicted octanol–water partition coefficient (Wildman–Crippen LogP) is -0.286. The van der Waals surface area contributed by atoms with E-state index >= 15 is 0 Å². The van der Waals surface area contributed by atoms with E-state index in [0.29, 0.717) is 6.54 Å². The van der Waals surface area contributed by atoms with E-state index in [-0.39, 0.29) is 12.4 Å². The first-order valence-corrected chi connectivity index (χ1v) is 4.49. The first-order chi connectivity index (χ1) is 6.99.